The first-order chi connectivity index (χ1) is 13.8. The fraction of sp³-hybridized carbons (Fsp3) is 0.211. The molecule has 10 heteroatoms. The number of halogens is 3. The Morgan fingerprint density at radius 3 is 2.72 bits per heavy atom. The smallest absolute Gasteiger partial charge is 0.408 e. The minimum Gasteiger partial charge on any atom is -0.496 e. The summed E-state index contributed by atoms with van der Waals surface area (Å²) in [7, 11) is 1.55. The Bertz CT molecular complexity index is 1200. The van der Waals surface area contributed by atoms with Gasteiger partial charge in [0.15, 0.2) is 0 Å². The number of fused-ring (bicyclic) bond motifs is 1. The molecule has 0 aromatic carbocycles. The number of hydrogen-bond donors (Lipinski definition) is 1. The third-order valence-corrected chi connectivity index (χ3v) is 4.46. The molecular weight excluding hydrogens is 387 g/mol. The first-order valence-corrected chi connectivity index (χ1v) is 8.56. The molecule has 4 aromatic heterocycles. The molecule has 150 valence electrons. The van der Waals surface area contributed by atoms with Crippen LogP contribution in [-0.4, -0.2) is 42.7 Å². The van der Waals surface area contributed by atoms with Crippen LogP contribution in [0.15, 0.2) is 43.1 Å². The molecular formula is C19H16F3N5O2. The third kappa shape index (κ3) is 3.48. The molecule has 0 aliphatic carbocycles. The van der Waals surface area contributed by atoms with Crippen molar-refractivity contribution in [2.75, 3.05) is 7.11 Å². The van der Waals surface area contributed by atoms with Gasteiger partial charge in [0, 0.05) is 24.8 Å². The number of aryl methyl sites for hydroxylation is 1. The first kappa shape index (κ1) is 18.8. The van der Waals surface area contributed by atoms with Crippen LogP contribution in [0.2, 0.25) is 0 Å². The van der Waals surface area contributed by atoms with Crippen molar-refractivity contribution in [3.05, 3.63) is 48.7 Å². The number of pyridine rings is 2. The van der Waals surface area contributed by atoms with Crippen LogP contribution in [0.1, 0.15) is 5.56 Å². The molecule has 1 N–H and O–H groups in total. The highest BCUT2D eigenvalue weighted by Crippen LogP contribution is 2.36. The van der Waals surface area contributed by atoms with E-state index < -0.39 is 12.7 Å². The number of alkyl halides is 3. The van der Waals surface area contributed by atoms with E-state index in [1.165, 1.54) is 17.0 Å². The van der Waals surface area contributed by atoms with Gasteiger partial charge in [-0.15, -0.1) is 0 Å². The maximum atomic E-state index is 12.6. The van der Waals surface area contributed by atoms with Gasteiger partial charge < -0.3 is 9.84 Å². The van der Waals surface area contributed by atoms with Crippen LogP contribution in [-0.2, 0) is 6.54 Å². The summed E-state index contributed by atoms with van der Waals surface area (Å²) in [5.74, 6) is 0.476. The number of ether oxygens (including phenoxy) is 1. The quantitative estimate of drug-likeness (QED) is 0.560. The Morgan fingerprint density at radius 2 is 2.00 bits per heavy atom. The highest BCUT2D eigenvalue weighted by Gasteiger charge is 2.28. The van der Waals surface area contributed by atoms with Crippen LogP contribution in [0.4, 0.5) is 13.2 Å². The van der Waals surface area contributed by atoms with Crippen LogP contribution in [0, 0.1) is 6.92 Å². The average Bonchev–Trinajstić information content (AvgIpc) is 3.24. The second kappa shape index (κ2) is 6.80. The monoisotopic (exact) mass is 403 g/mol. The summed E-state index contributed by atoms with van der Waals surface area (Å²) < 4.78 is 45.2. The molecule has 0 bridgehead atoms. The van der Waals surface area contributed by atoms with Crippen LogP contribution < -0.4 is 4.74 Å². The number of hydrogen-bond acceptors (Lipinski definition) is 5. The fourth-order valence-electron chi connectivity index (χ4n) is 3.22. The summed E-state index contributed by atoms with van der Waals surface area (Å²) in [4.78, 5) is 8.68. The fourth-order valence-corrected chi connectivity index (χ4v) is 3.22. The molecule has 4 aromatic rings. The molecule has 0 saturated carbocycles. The topological polar surface area (TPSA) is 78.0 Å². The molecule has 4 rings (SSSR count). The molecule has 0 spiro atoms. The predicted octanol–water partition coefficient (Wildman–Crippen LogP) is 3.87. The van der Waals surface area contributed by atoms with Crippen molar-refractivity contribution >= 4 is 10.9 Å². The third-order valence-electron chi connectivity index (χ3n) is 4.46. The van der Waals surface area contributed by atoms with Gasteiger partial charge in [-0.3, -0.25) is 14.2 Å². The lowest BCUT2D eigenvalue weighted by Crippen LogP contribution is -2.17. The first-order valence-electron chi connectivity index (χ1n) is 8.56. The molecule has 0 aliphatic heterocycles. The highest BCUT2D eigenvalue weighted by atomic mass is 19.4. The highest BCUT2D eigenvalue weighted by molar-refractivity contribution is 5.91. The molecule has 0 atom stereocenters. The van der Waals surface area contributed by atoms with Crippen molar-refractivity contribution in [2.45, 2.75) is 19.6 Å². The molecule has 0 radical (unpaired) electrons. The summed E-state index contributed by atoms with van der Waals surface area (Å²) in [6.45, 7) is 0.601. The second-order valence-electron chi connectivity index (χ2n) is 6.49. The summed E-state index contributed by atoms with van der Waals surface area (Å²) in [5.41, 5.74) is 2.81. The van der Waals surface area contributed by atoms with E-state index in [4.69, 9.17) is 4.74 Å². The normalized spacial score (nSPS) is 11.9. The van der Waals surface area contributed by atoms with E-state index in [2.05, 4.69) is 15.1 Å². The summed E-state index contributed by atoms with van der Waals surface area (Å²) in [6.07, 6.45) is 2.87. The van der Waals surface area contributed by atoms with E-state index >= 15 is 0 Å². The average molecular weight is 403 g/mol. The Morgan fingerprint density at radius 1 is 1.21 bits per heavy atom. The van der Waals surface area contributed by atoms with Crippen molar-refractivity contribution in [1.29, 1.82) is 0 Å². The maximum absolute atomic E-state index is 12.6. The maximum Gasteiger partial charge on any atom is 0.408 e. The van der Waals surface area contributed by atoms with E-state index in [0.29, 0.717) is 33.6 Å². The largest absolute Gasteiger partial charge is 0.496 e. The van der Waals surface area contributed by atoms with Crippen LogP contribution in [0.5, 0.6) is 11.6 Å². The number of methoxy groups -OCH3 is 1. The van der Waals surface area contributed by atoms with Gasteiger partial charge in [-0.1, -0.05) is 0 Å². The van der Waals surface area contributed by atoms with Gasteiger partial charge in [0.2, 0.25) is 5.88 Å². The van der Waals surface area contributed by atoms with Crippen LogP contribution in [0.25, 0.3) is 27.8 Å². The molecule has 7 nitrogen and oxygen atoms in total. The lowest BCUT2D eigenvalue weighted by Gasteiger charge is -2.08. The summed E-state index contributed by atoms with van der Waals surface area (Å²) >= 11 is 0. The van der Waals surface area contributed by atoms with Crippen LogP contribution >= 0.6 is 0 Å². The van der Waals surface area contributed by atoms with Gasteiger partial charge in [-0.05, 0) is 24.6 Å². The van der Waals surface area contributed by atoms with Gasteiger partial charge in [0.05, 0.1) is 41.2 Å². The van der Waals surface area contributed by atoms with Crippen molar-refractivity contribution in [3.8, 4) is 28.6 Å². The van der Waals surface area contributed by atoms with Gasteiger partial charge in [0.25, 0.3) is 0 Å². The summed E-state index contributed by atoms with van der Waals surface area (Å²) in [5, 5.41) is 14.9. The van der Waals surface area contributed by atoms with E-state index in [1.54, 1.807) is 37.8 Å². The van der Waals surface area contributed by atoms with E-state index in [9.17, 15) is 18.3 Å². The standard InChI is InChI=1S/C19H16F3N5O2/c1-11-5-14(13-7-23-4-3-16(13)29-2)25-15-9-27(18(28)17(11)15)12-6-24-26(8-12)10-19(20,21)22/h3-9,28H,10H2,1-2H3. The van der Waals surface area contributed by atoms with E-state index in [0.717, 1.165) is 10.2 Å². The van der Waals surface area contributed by atoms with Crippen molar-refractivity contribution in [3.63, 3.8) is 0 Å². The zero-order valence-corrected chi connectivity index (χ0v) is 15.5. The molecule has 29 heavy (non-hydrogen) atoms. The van der Waals surface area contributed by atoms with Crippen molar-refractivity contribution in [2.24, 2.45) is 0 Å². The number of aromatic hydroxyl groups is 1. The van der Waals surface area contributed by atoms with Crippen molar-refractivity contribution < 1.29 is 23.0 Å². The van der Waals surface area contributed by atoms with Gasteiger partial charge in [-0.25, -0.2) is 4.98 Å². The Balaban J connectivity index is 1.81. The Kier molecular flexibility index (Phi) is 4.40. The Hall–Kier alpha value is -3.56. The lowest BCUT2D eigenvalue weighted by molar-refractivity contribution is -0.142. The molecule has 0 amide bonds. The SMILES string of the molecule is COc1ccncc1-c1cc(C)c2c(O)n(-c3cnn(CC(F)(F)F)c3)cc2n1. The number of rotatable bonds is 4. The molecule has 0 unspecified atom stereocenters. The molecule has 0 fully saturated rings. The molecule has 0 saturated heterocycles. The molecule has 0 aliphatic rings. The Labute approximate surface area is 163 Å². The van der Waals surface area contributed by atoms with Crippen molar-refractivity contribution in [1.82, 2.24) is 24.3 Å². The number of aromatic nitrogens is 5. The minimum atomic E-state index is -4.39. The summed E-state index contributed by atoms with van der Waals surface area (Å²) in [6, 6.07) is 3.51. The van der Waals surface area contributed by atoms with E-state index in [-0.39, 0.29) is 5.88 Å². The number of nitrogens with zero attached hydrogens (tertiary/aromatic N) is 5. The van der Waals surface area contributed by atoms with Gasteiger partial charge in [-0.2, -0.15) is 18.3 Å². The van der Waals surface area contributed by atoms with Gasteiger partial charge >= 0.3 is 6.18 Å². The van der Waals surface area contributed by atoms with E-state index in [1.807, 2.05) is 6.92 Å². The molecule has 4 heterocycles. The zero-order valence-electron chi connectivity index (χ0n) is 15.5. The second-order valence-corrected chi connectivity index (χ2v) is 6.49. The van der Waals surface area contributed by atoms with Crippen LogP contribution in [0.3, 0.4) is 0 Å². The predicted molar refractivity (Wildman–Crippen MR) is 99.1 cm³/mol. The lowest BCUT2D eigenvalue weighted by atomic mass is 10.1. The minimum absolute atomic E-state index is 0.124. The zero-order chi connectivity index (χ0) is 20.8. The van der Waals surface area contributed by atoms with Gasteiger partial charge in [0.1, 0.15) is 12.3 Å².